The van der Waals surface area contributed by atoms with Crippen LogP contribution in [-0.4, -0.2) is 35.7 Å². The predicted molar refractivity (Wildman–Crippen MR) is 125 cm³/mol. The van der Waals surface area contributed by atoms with Crippen molar-refractivity contribution in [3.63, 3.8) is 0 Å². The zero-order valence-corrected chi connectivity index (χ0v) is 19.3. The van der Waals surface area contributed by atoms with Gasteiger partial charge in [0.25, 0.3) is 0 Å². The summed E-state index contributed by atoms with van der Waals surface area (Å²) < 4.78 is 20.4. The molecule has 0 aliphatic heterocycles. The Labute approximate surface area is 195 Å². The molecule has 3 heterocycles. The van der Waals surface area contributed by atoms with Crippen molar-refractivity contribution in [2.75, 3.05) is 11.1 Å². The zero-order valence-electron chi connectivity index (χ0n) is 19.3. The Hall–Kier alpha value is -4.15. The number of nitrogens with one attached hydrogen (secondary N) is 1. The molecule has 0 unspecified atom stereocenters. The van der Waals surface area contributed by atoms with Gasteiger partial charge >= 0.3 is 5.97 Å². The lowest BCUT2D eigenvalue weighted by molar-refractivity contribution is 0.0464. The monoisotopic (exact) mass is 464 g/mol. The van der Waals surface area contributed by atoms with Crippen LogP contribution in [0.1, 0.15) is 61.5 Å². The summed E-state index contributed by atoms with van der Waals surface area (Å²) in [5.41, 5.74) is 8.12. The molecule has 0 bridgehead atoms. The van der Waals surface area contributed by atoms with E-state index in [1.165, 1.54) is 24.3 Å². The van der Waals surface area contributed by atoms with Crippen LogP contribution in [0.5, 0.6) is 0 Å². The molecule has 0 radical (unpaired) electrons. The van der Waals surface area contributed by atoms with Gasteiger partial charge in [-0.15, -0.1) is 0 Å². The number of aromatic nitrogens is 6. The van der Waals surface area contributed by atoms with Gasteiger partial charge in [0.15, 0.2) is 18.1 Å². The van der Waals surface area contributed by atoms with Gasteiger partial charge in [0.05, 0.1) is 17.1 Å². The van der Waals surface area contributed by atoms with Crippen LogP contribution in [-0.2, 0) is 11.3 Å². The first-order chi connectivity index (χ1) is 16.2. The second-order valence-electron chi connectivity index (χ2n) is 8.31. The average molecular weight is 465 g/mol. The molecule has 3 N–H and O–H groups in total. The second-order valence-corrected chi connectivity index (χ2v) is 8.31. The number of halogens is 1. The fourth-order valence-electron chi connectivity index (χ4n) is 3.31. The van der Waals surface area contributed by atoms with Crippen LogP contribution < -0.4 is 11.1 Å². The molecule has 34 heavy (non-hydrogen) atoms. The van der Waals surface area contributed by atoms with Crippen LogP contribution in [0.15, 0.2) is 36.5 Å². The van der Waals surface area contributed by atoms with Gasteiger partial charge in [-0.3, -0.25) is 0 Å². The highest BCUT2D eigenvalue weighted by Crippen LogP contribution is 2.25. The van der Waals surface area contributed by atoms with Crippen molar-refractivity contribution in [1.29, 1.82) is 0 Å². The molecule has 176 valence electrons. The molecule has 0 amide bonds. The Kier molecular flexibility index (Phi) is 6.35. The van der Waals surface area contributed by atoms with Crippen molar-refractivity contribution in [2.45, 2.75) is 46.3 Å². The van der Waals surface area contributed by atoms with Gasteiger partial charge in [0, 0.05) is 17.4 Å². The van der Waals surface area contributed by atoms with E-state index in [1.54, 1.807) is 16.9 Å². The van der Waals surface area contributed by atoms with Crippen molar-refractivity contribution in [3.05, 3.63) is 59.4 Å². The van der Waals surface area contributed by atoms with Gasteiger partial charge < -0.3 is 15.8 Å². The molecule has 0 fully saturated rings. The van der Waals surface area contributed by atoms with Crippen molar-refractivity contribution in [2.24, 2.45) is 0 Å². The molecule has 0 atom stereocenters. The van der Waals surface area contributed by atoms with Crippen molar-refractivity contribution in [3.8, 4) is 0 Å². The van der Waals surface area contributed by atoms with Crippen LogP contribution in [0.25, 0.3) is 11.0 Å². The van der Waals surface area contributed by atoms with E-state index in [0.717, 1.165) is 5.69 Å². The Morgan fingerprint density at radius 2 is 1.85 bits per heavy atom. The number of rotatable bonds is 7. The van der Waals surface area contributed by atoms with Crippen LogP contribution in [0.2, 0.25) is 0 Å². The molecule has 0 aliphatic carbocycles. The van der Waals surface area contributed by atoms with Gasteiger partial charge in [0.2, 0.25) is 11.9 Å². The molecule has 3 aromatic heterocycles. The molecule has 11 heteroatoms. The highest BCUT2D eigenvalue weighted by molar-refractivity contribution is 6.02. The fourth-order valence-corrected chi connectivity index (χ4v) is 3.31. The lowest BCUT2D eigenvalue weighted by atomic mass is 10.1. The minimum atomic E-state index is -0.551. The number of anilines is 3. The van der Waals surface area contributed by atoms with Crippen LogP contribution in [0, 0.1) is 5.82 Å². The molecule has 4 aromatic rings. The fraction of sp³-hybridized carbons (Fsp3) is 0.304. The van der Waals surface area contributed by atoms with Gasteiger partial charge in [0.1, 0.15) is 5.82 Å². The molecule has 4 rings (SSSR count). The highest BCUT2D eigenvalue weighted by Gasteiger charge is 2.20. The van der Waals surface area contributed by atoms with E-state index < -0.39 is 5.97 Å². The van der Waals surface area contributed by atoms with Crippen molar-refractivity contribution in [1.82, 2.24) is 29.7 Å². The summed E-state index contributed by atoms with van der Waals surface area (Å²) in [7, 11) is 0. The number of carbonyl (C=O) groups is 1. The van der Waals surface area contributed by atoms with E-state index in [9.17, 15) is 9.18 Å². The Morgan fingerprint density at radius 3 is 2.53 bits per heavy atom. The third-order valence-corrected chi connectivity index (χ3v) is 5.02. The number of fused-ring (bicyclic) bond motifs is 1. The molecular formula is C23H25FN8O2. The zero-order chi connectivity index (χ0) is 24.4. The summed E-state index contributed by atoms with van der Waals surface area (Å²) in [6.45, 7) is 7.78. The van der Waals surface area contributed by atoms with Crippen LogP contribution >= 0.6 is 0 Å². The Bertz CT molecular complexity index is 1340. The number of hydrogen-bond acceptors (Lipinski definition) is 9. The topological polar surface area (TPSA) is 134 Å². The smallest absolute Gasteiger partial charge is 0.339 e. The average Bonchev–Trinajstić information content (AvgIpc) is 3.22. The summed E-state index contributed by atoms with van der Waals surface area (Å²) in [6.07, 6.45) is 1.62. The van der Waals surface area contributed by atoms with Crippen LogP contribution in [0.4, 0.5) is 22.0 Å². The number of nitrogen functional groups attached to an aromatic ring is 1. The van der Waals surface area contributed by atoms with Gasteiger partial charge in [-0.05, 0) is 50.1 Å². The second kappa shape index (κ2) is 9.38. The Balaban J connectivity index is 1.57. The first-order valence-corrected chi connectivity index (χ1v) is 10.8. The number of ether oxygens (including phenoxy) is 1. The molecule has 0 aliphatic rings. The maximum Gasteiger partial charge on any atom is 0.339 e. The first-order valence-electron chi connectivity index (χ1n) is 10.8. The minimum Gasteiger partial charge on any atom is -0.454 e. The summed E-state index contributed by atoms with van der Waals surface area (Å²) in [5.74, 6) is -0.538. The molecule has 0 saturated heterocycles. The van der Waals surface area contributed by atoms with Crippen molar-refractivity contribution < 1.29 is 13.9 Å². The number of hydrogen-bond donors (Lipinski definition) is 2. The quantitative estimate of drug-likeness (QED) is 0.387. The van der Waals surface area contributed by atoms with E-state index in [4.69, 9.17) is 15.5 Å². The standard InChI is InChI=1S/C23H25FN8O2/c1-12(2)18-9-16(17-10-26-32(13(3)4)20(17)28-18)21(33)34-11-19-29-22(25)31-23(30-19)27-15-7-5-14(24)6-8-15/h5-10,12-13H,11H2,1-4H3,(H3,25,27,29,30,31). The number of benzene rings is 1. The number of nitrogens with two attached hydrogens (primary N) is 1. The highest BCUT2D eigenvalue weighted by atomic mass is 19.1. The lowest BCUT2D eigenvalue weighted by Gasteiger charge is -2.12. The van der Waals surface area contributed by atoms with E-state index in [-0.39, 0.29) is 42.1 Å². The maximum atomic E-state index is 13.1. The SMILES string of the molecule is CC(C)c1cc(C(=O)OCc2nc(N)nc(Nc3ccc(F)cc3)n2)c2cnn(C(C)C)c2n1. The van der Waals surface area contributed by atoms with E-state index >= 15 is 0 Å². The predicted octanol–water partition coefficient (Wildman–Crippen LogP) is 4.14. The van der Waals surface area contributed by atoms with Gasteiger partial charge in [-0.2, -0.15) is 20.1 Å². The third kappa shape index (κ3) is 4.92. The number of carbonyl (C=O) groups excluding carboxylic acids is 1. The Morgan fingerprint density at radius 1 is 1.12 bits per heavy atom. The number of pyridine rings is 1. The van der Waals surface area contributed by atoms with E-state index in [2.05, 4.69) is 25.4 Å². The van der Waals surface area contributed by atoms with E-state index in [0.29, 0.717) is 22.3 Å². The minimum absolute atomic E-state index is 0.0442. The molecule has 1 aromatic carbocycles. The third-order valence-electron chi connectivity index (χ3n) is 5.02. The molecular weight excluding hydrogens is 439 g/mol. The molecule has 0 saturated carbocycles. The van der Waals surface area contributed by atoms with Crippen LogP contribution in [0.3, 0.4) is 0 Å². The number of nitrogens with zero attached hydrogens (tertiary/aromatic N) is 6. The maximum absolute atomic E-state index is 13.1. The van der Waals surface area contributed by atoms with Gasteiger partial charge in [-0.1, -0.05) is 13.8 Å². The normalized spacial score (nSPS) is 11.4. The summed E-state index contributed by atoms with van der Waals surface area (Å²) in [6, 6.07) is 7.48. The summed E-state index contributed by atoms with van der Waals surface area (Å²) >= 11 is 0. The largest absolute Gasteiger partial charge is 0.454 e. The lowest BCUT2D eigenvalue weighted by Crippen LogP contribution is -2.12. The van der Waals surface area contributed by atoms with E-state index in [1.807, 2.05) is 27.7 Å². The summed E-state index contributed by atoms with van der Waals surface area (Å²) in [4.78, 5) is 30.0. The summed E-state index contributed by atoms with van der Waals surface area (Å²) in [5, 5.41) is 7.92. The van der Waals surface area contributed by atoms with Crippen molar-refractivity contribution >= 4 is 34.6 Å². The molecule has 10 nitrogen and oxygen atoms in total. The first kappa shape index (κ1) is 23.0. The number of esters is 1. The van der Waals surface area contributed by atoms with Gasteiger partial charge in [-0.25, -0.2) is 18.9 Å². The molecule has 0 spiro atoms.